The maximum Gasteiger partial charge on any atom is 0.250 e. The average Bonchev–Trinajstić information content (AvgIpc) is 2.38. The first kappa shape index (κ1) is 11.8. The Balaban J connectivity index is 2.11. The van der Waals surface area contributed by atoms with Crippen LogP contribution in [-0.4, -0.2) is 15.9 Å². The zero-order valence-electron chi connectivity index (χ0n) is 9.63. The standard InChI is InChI=1S/C12H13N5O/c13-10-7-17-11(5-9(10)12(14)18)16-6-8-1-3-15-4-2-8/h1-5,7H,6,13H2,(H2,14,18)(H,16,17). The maximum absolute atomic E-state index is 11.1. The molecule has 0 aliphatic carbocycles. The van der Waals surface area contributed by atoms with Crippen LogP contribution in [0.2, 0.25) is 0 Å². The molecular formula is C12H13N5O. The Bertz CT molecular complexity index is 556. The van der Waals surface area contributed by atoms with Crippen molar-refractivity contribution in [3.63, 3.8) is 0 Å². The number of pyridine rings is 2. The number of primary amides is 1. The Morgan fingerprint density at radius 3 is 2.72 bits per heavy atom. The fourth-order valence-corrected chi connectivity index (χ4v) is 1.47. The van der Waals surface area contributed by atoms with Gasteiger partial charge >= 0.3 is 0 Å². The number of hydrogen-bond donors (Lipinski definition) is 3. The second-order valence-corrected chi connectivity index (χ2v) is 3.73. The molecule has 0 saturated heterocycles. The summed E-state index contributed by atoms with van der Waals surface area (Å²) in [7, 11) is 0. The lowest BCUT2D eigenvalue weighted by Crippen LogP contribution is -2.14. The minimum atomic E-state index is -0.568. The molecule has 2 aromatic heterocycles. The van der Waals surface area contributed by atoms with Gasteiger partial charge in [-0.25, -0.2) is 4.98 Å². The molecule has 6 heteroatoms. The molecule has 6 nitrogen and oxygen atoms in total. The first-order valence-corrected chi connectivity index (χ1v) is 5.35. The third kappa shape index (κ3) is 2.73. The maximum atomic E-state index is 11.1. The number of nitrogens with zero attached hydrogens (tertiary/aromatic N) is 2. The minimum Gasteiger partial charge on any atom is -0.397 e. The molecule has 0 atom stereocenters. The Morgan fingerprint density at radius 1 is 1.33 bits per heavy atom. The number of amides is 1. The second kappa shape index (κ2) is 5.13. The smallest absolute Gasteiger partial charge is 0.250 e. The van der Waals surface area contributed by atoms with Crippen LogP contribution < -0.4 is 16.8 Å². The van der Waals surface area contributed by atoms with E-state index in [1.165, 1.54) is 6.20 Å². The topological polar surface area (TPSA) is 107 Å². The first-order chi connectivity index (χ1) is 8.66. The van der Waals surface area contributed by atoms with Crippen molar-refractivity contribution in [2.45, 2.75) is 6.54 Å². The van der Waals surface area contributed by atoms with Gasteiger partial charge in [0.2, 0.25) is 0 Å². The van der Waals surface area contributed by atoms with Gasteiger partial charge in [0.25, 0.3) is 5.91 Å². The number of carbonyl (C=O) groups excluding carboxylic acids is 1. The van der Waals surface area contributed by atoms with Gasteiger partial charge in [0.15, 0.2) is 0 Å². The van der Waals surface area contributed by atoms with Crippen LogP contribution in [0.3, 0.4) is 0 Å². The second-order valence-electron chi connectivity index (χ2n) is 3.73. The van der Waals surface area contributed by atoms with E-state index in [0.717, 1.165) is 5.56 Å². The number of carbonyl (C=O) groups is 1. The predicted octanol–water partition coefficient (Wildman–Crippen LogP) is 0.770. The highest BCUT2D eigenvalue weighted by molar-refractivity contribution is 5.98. The van der Waals surface area contributed by atoms with E-state index in [1.54, 1.807) is 18.5 Å². The van der Waals surface area contributed by atoms with Crippen LogP contribution in [0.4, 0.5) is 11.5 Å². The molecule has 0 bridgehead atoms. The number of anilines is 2. The molecule has 0 unspecified atom stereocenters. The monoisotopic (exact) mass is 243 g/mol. The predicted molar refractivity (Wildman–Crippen MR) is 68.7 cm³/mol. The molecule has 2 rings (SSSR count). The highest BCUT2D eigenvalue weighted by Gasteiger charge is 2.07. The third-order valence-electron chi connectivity index (χ3n) is 2.42. The van der Waals surface area contributed by atoms with E-state index in [0.29, 0.717) is 12.4 Å². The quantitative estimate of drug-likeness (QED) is 0.735. The molecule has 0 aromatic carbocycles. The van der Waals surface area contributed by atoms with Crippen molar-refractivity contribution < 1.29 is 4.79 Å². The van der Waals surface area contributed by atoms with E-state index < -0.39 is 5.91 Å². The normalized spacial score (nSPS) is 10.0. The van der Waals surface area contributed by atoms with E-state index in [9.17, 15) is 4.79 Å². The lowest BCUT2D eigenvalue weighted by molar-refractivity contribution is 0.100. The van der Waals surface area contributed by atoms with Crippen molar-refractivity contribution in [3.8, 4) is 0 Å². The van der Waals surface area contributed by atoms with Crippen molar-refractivity contribution in [3.05, 3.63) is 47.9 Å². The van der Waals surface area contributed by atoms with Gasteiger partial charge in [-0.2, -0.15) is 0 Å². The minimum absolute atomic E-state index is 0.266. The van der Waals surface area contributed by atoms with E-state index in [2.05, 4.69) is 15.3 Å². The van der Waals surface area contributed by atoms with Crippen molar-refractivity contribution in [2.24, 2.45) is 5.73 Å². The molecule has 2 heterocycles. The van der Waals surface area contributed by atoms with E-state index >= 15 is 0 Å². The molecule has 0 spiro atoms. The molecule has 2 aromatic rings. The molecule has 0 saturated carbocycles. The lowest BCUT2D eigenvalue weighted by atomic mass is 10.2. The molecule has 0 aliphatic heterocycles. The molecule has 0 fully saturated rings. The van der Waals surface area contributed by atoms with Gasteiger partial charge in [-0.05, 0) is 23.8 Å². The van der Waals surface area contributed by atoms with Gasteiger partial charge in [-0.15, -0.1) is 0 Å². The number of rotatable bonds is 4. The van der Waals surface area contributed by atoms with Crippen LogP contribution in [0.25, 0.3) is 0 Å². The molecule has 0 radical (unpaired) electrons. The highest BCUT2D eigenvalue weighted by Crippen LogP contribution is 2.14. The van der Waals surface area contributed by atoms with Crippen LogP contribution in [0.15, 0.2) is 36.8 Å². The van der Waals surface area contributed by atoms with E-state index in [1.807, 2.05) is 12.1 Å². The van der Waals surface area contributed by atoms with Crippen molar-refractivity contribution >= 4 is 17.4 Å². The Labute approximate surface area is 104 Å². The molecule has 1 amide bonds. The largest absolute Gasteiger partial charge is 0.397 e. The molecule has 5 N–H and O–H groups in total. The van der Waals surface area contributed by atoms with Crippen LogP contribution in [0.1, 0.15) is 15.9 Å². The summed E-state index contributed by atoms with van der Waals surface area (Å²) in [5, 5.41) is 3.08. The number of nitrogens with one attached hydrogen (secondary N) is 1. The molecule has 0 aliphatic rings. The van der Waals surface area contributed by atoms with Crippen LogP contribution in [0.5, 0.6) is 0 Å². The number of aromatic nitrogens is 2. The van der Waals surface area contributed by atoms with Gasteiger partial charge < -0.3 is 16.8 Å². The molecule has 18 heavy (non-hydrogen) atoms. The lowest BCUT2D eigenvalue weighted by Gasteiger charge is -2.07. The van der Waals surface area contributed by atoms with Crippen LogP contribution in [0, 0.1) is 0 Å². The summed E-state index contributed by atoms with van der Waals surface area (Å²) < 4.78 is 0. The van der Waals surface area contributed by atoms with Crippen molar-refractivity contribution in [2.75, 3.05) is 11.1 Å². The summed E-state index contributed by atoms with van der Waals surface area (Å²) in [5.41, 5.74) is 12.4. The summed E-state index contributed by atoms with van der Waals surface area (Å²) in [6.07, 6.45) is 4.83. The Kier molecular flexibility index (Phi) is 3.38. The first-order valence-electron chi connectivity index (χ1n) is 5.35. The van der Waals surface area contributed by atoms with Gasteiger partial charge in [0, 0.05) is 18.9 Å². The molecular weight excluding hydrogens is 230 g/mol. The van der Waals surface area contributed by atoms with E-state index in [-0.39, 0.29) is 11.3 Å². The van der Waals surface area contributed by atoms with Gasteiger partial charge in [0.05, 0.1) is 17.4 Å². The highest BCUT2D eigenvalue weighted by atomic mass is 16.1. The summed E-state index contributed by atoms with van der Waals surface area (Å²) in [6.45, 7) is 0.581. The Morgan fingerprint density at radius 2 is 2.06 bits per heavy atom. The van der Waals surface area contributed by atoms with Gasteiger partial charge in [0.1, 0.15) is 5.82 Å². The summed E-state index contributed by atoms with van der Waals surface area (Å²) in [6, 6.07) is 5.32. The number of hydrogen-bond acceptors (Lipinski definition) is 5. The van der Waals surface area contributed by atoms with Gasteiger partial charge in [-0.1, -0.05) is 0 Å². The summed E-state index contributed by atoms with van der Waals surface area (Å²) in [5.74, 6) is -0.0170. The van der Waals surface area contributed by atoms with E-state index in [4.69, 9.17) is 11.5 Å². The van der Waals surface area contributed by atoms with Crippen molar-refractivity contribution in [1.82, 2.24) is 9.97 Å². The zero-order chi connectivity index (χ0) is 13.0. The number of nitrogens with two attached hydrogens (primary N) is 2. The average molecular weight is 243 g/mol. The Hall–Kier alpha value is -2.63. The fourth-order valence-electron chi connectivity index (χ4n) is 1.47. The third-order valence-corrected chi connectivity index (χ3v) is 2.42. The molecule has 92 valence electrons. The van der Waals surface area contributed by atoms with Gasteiger partial charge in [-0.3, -0.25) is 9.78 Å². The van der Waals surface area contributed by atoms with Crippen LogP contribution >= 0.6 is 0 Å². The fraction of sp³-hybridized carbons (Fsp3) is 0.0833. The zero-order valence-corrected chi connectivity index (χ0v) is 9.63. The van der Waals surface area contributed by atoms with Crippen molar-refractivity contribution in [1.29, 1.82) is 0 Å². The SMILES string of the molecule is NC(=O)c1cc(NCc2ccncc2)ncc1N. The van der Waals surface area contributed by atoms with Crippen LogP contribution in [-0.2, 0) is 6.54 Å². The number of nitrogen functional groups attached to an aromatic ring is 1. The summed E-state index contributed by atoms with van der Waals surface area (Å²) in [4.78, 5) is 19.1. The summed E-state index contributed by atoms with van der Waals surface area (Å²) >= 11 is 0.